The standard InChI is InChI=1S/C15H30N4O4S.HI/c1-3-24(20,21)18-8-5-7-17-15(16-2)19-9-11-23-14(12-19)13-6-4-10-22-13;/h13-14,18H,3-12H2,1-2H3,(H,16,17);1H. The molecule has 0 bridgehead atoms. The molecule has 2 unspecified atom stereocenters. The summed E-state index contributed by atoms with van der Waals surface area (Å²) < 4.78 is 36.9. The predicted octanol–water partition coefficient (Wildman–Crippen LogP) is 0.389. The van der Waals surface area contributed by atoms with Gasteiger partial charge in [0.05, 0.1) is 18.5 Å². The van der Waals surface area contributed by atoms with Crippen LogP contribution in [-0.4, -0.2) is 83.7 Å². The lowest BCUT2D eigenvalue weighted by atomic mass is 10.1. The lowest BCUT2D eigenvalue weighted by Crippen LogP contribution is -2.53. The Balaban J connectivity index is 0.00000312. The number of ether oxygens (including phenoxy) is 2. The second-order valence-corrected chi connectivity index (χ2v) is 8.13. The Bertz CT molecular complexity index is 512. The molecule has 2 rings (SSSR count). The molecule has 0 radical (unpaired) electrons. The summed E-state index contributed by atoms with van der Waals surface area (Å²) >= 11 is 0. The molecule has 25 heavy (non-hydrogen) atoms. The average molecular weight is 490 g/mol. The smallest absolute Gasteiger partial charge is 0.211 e. The van der Waals surface area contributed by atoms with Crippen LogP contribution >= 0.6 is 24.0 Å². The number of nitrogens with zero attached hydrogens (tertiary/aromatic N) is 2. The van der Waals surface area contributed by atoms with Gasteiger partial charge in [0.15, 0.2) is 5.96 Å². The summed E-state index contributed by atoms with van der Waals surface area (Å²) in [6.07, 6.45) is 3.15. The van der Waals surface area contributed by atoms with Crippen LogP contribution in [0.4, 0.5) is 0 Å². The van der Waals surface area contributed by atoms with Crippen LogP contribution in [0.25, 0.3) is 0 Å². The van der Waals surface area contributed by atoms with Crippen molar-refractivity contribution in [3.05, 3.63) is 0 Å². The van der Waals surface area contributed by atoms with E-state index in [2.05, 4.69) is 19.9 Å². The topological polar surface area (TPSA) is 92.3 Å². The van der Waals surface area contributed by atoms with Crippen molar-refractivity contribution in [2.75, 3.05) is 52.2 Å². The van der Waals surface area contributed by atoms with E-state index in [0.29, 0.717) is 26.1 Å². The van der Waals surface area contributed by atoms with E-state index in [-0.39, 0.29) is 41.9 Å². The molecule has 2 atom stereocenters. The van der Waals surface area contributed by atoms with Gasteiger partial charge < -0.3 is 19.7 Å². The van der Waals surface area contributed by atoms with Gasteiger partial charge in [0, 0.05) is 39.8 Å². The van der Waals surface area contributed by atoms with Crippen LogP contribution < -0.4 is 10.0 Å². The largest absolute Gasteiger partial charge is 0.375 e. The third kappa shape index (κ3) is 7.53. The Morgan fingerprint density at radius 2 is 2.00 bits per heavy atom. The molecule has 0 saturated carbocycles. The van der Waals surface area contributed by atoms with E-state index in [4.69, 9.17) is 9.47 Å². The minimum absolute atomic E-state index is 0. The highest BCUT2D eigenvalue weighted by molar-refractivity contribution is 14.0. The van der Waals surface area contributed by atoms with E-state index in [0.717, 1.165) is 38.5 Å². The number of aliphatic imine (C=N–C) groups is 1. The molecular weight excluding hydrogens is 459 g/mol. The Labute approximate surface area is 168 Å². The van der Waals surface area contributed by atoms with Crippen molar-refractivity contribution in [3.8, 4) is 0 Å². The van der Waals surface area contributed by atoms with Gasteiger partial charge in [-0.15, -0.1) is 24.0 Å². The summed E-state index contributed by atoms with van der Waals surface area (Å²) in [7, 11) is -1.35. The Kier molecular flexibility index (Phi) is 10.5. The van der Waals surface area contributed by atoms with E-state index in [9.17, 15) is 8.42 Å². The highest BCUT2D eigenvalue weighted by atomic mass is 127. The van der Waals surface area contributed by atoms with Gasteiger partial charge in [-0.25, -0.2) is 13.1 Å². The Morgan fingerprint density at radius 1 is 1.24 bits per heavy atom. The molecule has 148 valence electrons. The fourth-order valence-corrected chi connectivity index (χ4v) is 3.60. The summed E-state index contributed by atoms with van der Waals surface area (Å²) in [5, 5.41) is 3.30. The third-order valence-corrected chi connectivity index (χ3v) is 5.73. The number of hydrogen-bond acceptors (Lipinski definition) is 5. The zero-order valence-corrected chi connectivity index (χ0v) is 18.2. The molecule has 2 aliphatic rings. The summed E-state index contributed by atoms with van der Waals surface area (Å²) in [5.74, 6) is 0.945. The van der Waals surface area contributed by atoms with Crippen LogP contribution in [-0.2, 0) is 19.5 Å². The molecule has 0 aliphatic carbocycles. The van der Waals surface area contributed by atoms with E-state index in [1.165, 1.54) is 0 Å². The molecule has 0 amide bonds. The first kappa shape index (κ1) is 22.9. The second-order valence-electron chi connectivity index (χ2n) is 6.03. The van der Waals surface area contributed by atoms with Crippen LogP contribution in [0.5, 0.6) is 0 Å². The summed E-state index contributed by atoms with van der Waals surface area (Å²) in [5.41, 5.74) is 0. The summed E-state index contributed by atoms with van der Waals surface area (Å²) in [6, 6.07) is 0. The van der Waals surface area contributed by atoms with Gasteiger partial charge in [-0.3, -0.25) is 4.99 Å². The number of rotatable bonds is 7. The maximum atomic E-state index is 11.4. The summed E-state index contributed by atoms with van der Waals surface area (Å²) in [4.78, 5) is 6.52. The molecule has 2 saturated heterocycles. The zero-order chi connectivity index (χ0) is 17.4. The van der Waals surface area contributed by atoms with Crippen LogP contribution in [0.2, 0.25) is 0 Å². The van der Waals surface area contributed by atoms with E-state index in [1.54, 1.807) is 14.0 Å². The van der Waals surface area contributed by atoms with Crippen molar-refractivity contribution < 1.29 is 17.9 Å². The van der Waals surface area contributed by atoms with E-state index in [1.807, 2.05) is 0 Å². The lowest BCUT2D eigenvalue weighted by molar-refractivity contribution is -0.0816. The highest BCUT2D eigenvalue weighted by Crippen LogP contribution is 2.20. The minimum atomic E-state index is -3.11. The number of sulfonamides is 1. The zero-order valence-electron chi connectivity index (χ0n) is 15.1. The average Bonchev–Trinajstić information content (AvgIpc) is 3.13. The quantitative estimate of drug-likeness (QED) is 0.232. The highest BCUT2D eigenvalue weighted by Gasteiger charge is 2.32. The number of nitrogens with one attached hydrogen (secondary N) is 2. The van der Waals surface area contributed by atoms with Crippen LogP contribution in [0.1, 0.15) is 26.2 Å². The molecule has 0 spiro atoms. The van der Waals surface area contributed by atoms with Gasteiger partial charge in [0.25, 0.3) is 0 Å². The number of halogens is 1. The Morgan fingerprint density at radius 3 is 2.64 bits per heavy atom. The molecule has 2 heterocycles. The molecule has 2 aliphatic heterocycles. The van der Waals surface area contributed by atoms with Gasteiger partial charge in [0.1, 0.15) is 6.10 Å². The van der Waals surface area contributed by atoms with Gasteiger partial charge in [-0.05, 0) is 26.2 Å². The van der Waals surface area contributed by atoms with Crippen molar-refractivity contribution in [3.63, 3.8) is 0 Å². The van der Waals surface area contributed by atoms with E-state index >= 15 is 0 Å². The molecule has 10 heteroatoms. The molecule has 8 nitrogen and oxygen atoms in total. The first-order chi connectivity index (χ1) is 11.6. The molecule has 0 aromatic carbocycles. The van der Waals surface area contributed by atoms with Crippen molar-refractivity contribution in [1.82, 2.24) is 14.9 Å². The molecule has 0 aromatic rings. The first-order valence-electron chi connectivity index (χ1n) is 8.72. The lowest BCUT2D eigenvalue weighted by Gasteiger charge is -2.37. The number of guanidine groups is 1. The number of morpholine rings is 1. The predicted molar refractivity (Wildman–Crippen MR) is 109 cm³/mol. The van der Waals surface area contributed by atoms with Gasteiger partial charge in [-0.2, -0.15) is 0 Å². The van der Waals surface area contributed by atoms with Crippen LogP contribution in [0.3, 0.4) is 0 Å². The molecule has 2 N–H and O–H groups in total. The SMILES string of the molecule is CCS(=O)(=O)NCCCNC(=NC)N1CCOC(C2CCCO2)C1.I. The van der Waals surface area contributed by atoms with E-state index < -0.39 is 10.0 Å². The first-order valence-corrected chi connectivity index (χ1v) is 10.4. The van der Waals surface area contributed by atoms with Crippen molar-refractivity contribution in [2.45, 2.75) is 38.4 Å². The van der Waals surface area contributed by atoms with Crippen LogP contribution in [0.15, 0.2) is 4.99 Å². The van der Waals surface area contributed by atoms with Crippen LogP contribution in [0, 0.1) is 0 Å². The fraction of sp³-hybridized carbons (Fsp3) is 0.933. The normalized spacial score (nSPS) is 24.9. The van der Waals surface area contributed by atoms with Crippen molar-refractivity contribution >= 4 is 40.0 Å². The maximum Gasteiger partial charge on any atom is 0.211 e. The molecular formula is C15H31IN4O4S. The van der Waals surface area contributed by atoms with Gasteiger partial charge >= 0.3 is 0 Å². The van der Waals surface area contributed by atoms with Crippen molar-refractivity contribution in [1.29, 1.82) is 0 Å². The van der Waals surface area contributed by atoms with Crippen molar-refractivity contribution in [2.24, 2.45) is 4.99 Å². The molecule has 0 aromatic heterocycles. The van der Waals surface area contributed by atoms with Gasteiger partial charge in [0.2, 0.25) is 10.0 Å². The monoisotopic (exact) mass is 490 g/mol. The molecule has 2 fully saturated rings. The maximum absolute atomic E-state index is 11.4. The van der Waals surface area contributed by atoms with Gasteiger partial charge in [-0.1, -0.05) is 0 Å². The second kappa shape index (κ2) is 11.5. The minimum Gasteiger partial charge on any atom is -0.375 e. The fourth-order valence-electron chi connectivity index (χ4n) is 2.94. The summed E-state index contributed by atoms with van der Waals surface area (Å²) in [6.45, 7) is 5.79. The number of hydrogen-bond donors (Lipinski definition) is 2. The third-order valence-electron chi connectivity index (χ3n) is 4.32. The Hall–Kier alpha value is -0.170.